The molecule has 0 saturated heterocycles. The van der Waals surface area contributed by atoms with E-state index in [4.69, 9.17) is 4.74 Å². The summed E-state index contributed by atoms with van der Waals surface area (Å²) in [7, 11) is 0. The number of anilines is 1. The number of aromatic nitrogens is 1. The standard InChI is InChI=1S/C27H33N3O2S/c1-19-25(30-27(31)22-7-10-24(11-8-22)32-18-20-5-6-20)12-9-23-15-21(17-29-26(19)23)16-28-13-3-4-14-33-2/h7-12,15,17,20,28H,3-6,13-14,16,18H2,1-2H3,(H,30,31). The van der Waals surface area contributed by atoms with Crippen molar-refractivity contribution in [3.05, 3.63) is 65.4 Å². The number of nitrogens with zero attached hydrogens (tertiary/aromatic N) is 1. The predicted molar refractivity (Wildman–Crippen MR) is 138 cm³/mol. The van der Waals surface area contributed by atoms with Crippen molar-refractivity contribution < 1.29 is 9.53 Å². The fourth-order valence-corrected chi connectivity index (χ4v) is 4.24. The lowest BCUT2D eigenvalue weighted by molar-refractivity contribution is 0.102. The molecule has 33 heavy (non-hydrogen) atoms. The second-order valence-electron chi connectivity index (χ2n) is 8.76. The van der Waals surface area contributed by atoms with Gasteiger partial charge in [0.15, 0.2) is 0 Å². The number of aryl methyl sites for hydroxylation is 1. The number of nitrogens with one attached hydrogen (secondary N) is 2. The second kappa shape index (κ2) is 11.5. The molecule has 1 aliphatic rings. The molecule has 1 amide bonds. The minimum absolute atomic E-state index is 0.131. The van der Waals surface area contributed by atoms with Gasteiger partial charge in [0.1, 0.15) is 5.75 Å². The van der Waals surface area contributed by atoms with Gasteiger partial charge < -0.3 is 15.4 Å². The molecule has 0 spiro atoms. The van der Waals surface area contributed by atoms with Gasteiger partial charge in [-0.05, 0) is 105 Å². The Labute approximate surface area is 200 Å². The molecule has 0 unspecified atom stereocenters. The molecular weight excluding hydrogens is 430 g/mol. The molecule has 5 nitrogen and oxygen atoms in total. The van der Waals surface area contributed by atoms with Crippen LogP contribution in [0.5, 0.6) is 5.75 Å². The lowest BCUT2D eigenvalue weighted by Gasteiger charge is -2.12. The molecule has 0 bridgehead atoms. The quantitative estimate of drug-likeness (QED) is 0.332. The third kappa shape index (κ3) is 6.71. The summed E-state index contributed by atoms with van der Waals surface area (Å²) in [6.45, 7) is 4.62. The summed E-state index contributed by atoms with van der Waals surface area (Å²) in [4.78, 5) is 17.5. The molecule has 6 heteroatoms. The Morgan fingerprint density at radius 2 is 1.97 bits per heavy atom. The number of rotatable bonds is 12. The molecule has 1 heterocycles. The number of benzene rings is 2. The van der Waals surface area contributed by atoms with E-state index in [2.05, 4.69) is 27.9 Å². The third-order valence-electron chi connectivity index (χ3n) is 5.99. The number of unbranched alkanes of at least 4 members (excludes halogenated alkanes) is 1. The van der Waals surface area contributed by atoms with Crippen LogP contribution in [0.4, 0.5) is 5.69 Å². The van der Waals surface area contributed by atoms with E-state index in [1.807, 2.05) is 61.3 Å². The number of pyridine rings is 1. The summed E-state index contributed by atoms with van der Waals surface area (Å²) < 4.78 is 5.76. The van der Waals surface area contributed by atoms with Crippen molar-refractivity contribution in [3.8, 4) is 5.75 Å². The van der Waals surface area contributed by atoms with Gasteiger partial charge in [-0.1, -0.05) is 6.07 Å². The van der Waals surface area contributed by atoms with Gasteiger partial charge >= 0.3 is 0 Å². The Bertz CT molecular complexity index is 1080. The van der Waals surface area contributed by atoms with Crippen molar-refractivity contribution >= 4 is 34.3 Å². The molecule has 0 atom stereocenters. The average molecular weight is 464 g/mol. The number of hydrogen-bond donors (Lipinski definition) is 2. The highest BCUT2D eigenvalue weighted by Crippen LogP contribution is 2.30. The van der Waals surface area contributed by atoms with Crippen LogP contribution in [-0.2, 0) is 6.54 Å². The number of carbonyl (C=O) groups is 1. The molecule has 0 aliphatic heterocycles. The zero-order chi connectivity index (χ0) is 23.0. The van der Waals surface area contributed by atoms with Crippen LogP contribution in [0.3, 0.4) is 0 Å². The van der Waals surface area contributed by atoms with Crippen molar-refractivity contribution in [2.45, 2.75) is 39.2 Å². The highest BCUT2D eigenvalue weighted by atomic mass is 32.2. The summed E-state index contributed by atoms with van der Waals surface area (Å²) in [5.74, 6) is 2.61. The van der Waals surface area contributed by atoms with E-state index in [9.17, 15) is 4.79 Å². The van der Waals surface area contributed by atoms with Crippen molar-refractivity contribution in [2.75, 3.05) is 30.5 Å². The molecule has 1 saturated carbocycles. The van der Waals surface area contributed by atoms with Crippen LogP contribution < -0.4 is 15.4 Å². The fourth-order valence-electron chi connectivity index (χ4n) is 3.75. The van der Waals surface area contributed by atoms with Crippen LogP contribution in [0.25, 0.3) is 10.9 Å². The van der Waals surface area contributed by atoms with E-state index >= 15 is 0 Å². The first-order valence-electron chi connectivity index (χ1n) is 11.8. The zero-order valence-corrected chi connectivity index (χ0v) is 20.3. The summed E-state index contributed by atoms with van der Waals surface area (Å²) in [6, 6.07) is 13.5. The van der Waals surface area contributed by atoms with E-state index in [0.717, 1.165) is 47.6 Å². The number of hydrogen-bond acceptors (Lipinski definition) is 5. The number of amides is 1. The Hall–Kier alpha value is -2.57. The molecular formula is C27H33N3O2S. The van der Waals surface area contributed by atoms with Gasteiger partial charge in [0, 0.05) is 29.4 Å². The summed E-state index contributed by atoms with van der Waals surface area (Å²) >= 11 is 1.90. The van der Waals surface area contributed by atoms with Gasteiger partial charge in [-0.3, -0.25) is 9.78 Å². The topological polar surface area (TPSA) is 63.2 Å². The fraction of sp³-hybridized carbons (Fsp3) is 0.407. The van der Waals surface area contributed by atoms with Crippen LogP contribution in [0.2, 0.25) is 0 Å². The largest absolute Gasteiger partial charge is 0.493 e. The van der Waals surface area contributed by atoms with E-state index in [0.29, 0.717) is 11.5 Å². The van der Waals surface area contributed by atoms with Gasteiger partial charge in [0.25, 0.3) is 5.91 Å². The minimum Gasteiger partial charge on any atom is -0.493 e. The monoisotopic (exact) mass is 463 g/mol. The Balaban J connectivity index is 1.35. The smallest absolute Gasteiger partial charge is 0.255 e. The van der Waals surface area contributed by atoms with Crippen LogP contribution in [0.15, 0.2) is 48.7 Å². The summed E-state index contributed by atoms with van der Waals surface area (Å²) in [6.07, 6.45) is 9.04. The van der Waals surface area contributed by atoms with Crippen LogP contribution in [0.1, 0.15) is 47.2 Å². The molecule has 0 radical (unpaired) electrons. The van der Waals surface area contributed by atoms with E-state index in [1.54, 1.807) is 0 Å². The van der Waals surface area contributed by atoms with Crippen LogP contribution in [-0.4, -0.2) is 36.1 Å². The second-order valence-corrected chi connectivity index (χ2v) is 9.75. The number of thioether (sulfide) groups is 1. The lowest BCUT2D eigenvalue weighted by atomic mass is 10.1. The molecule has 4 rings (SSSR count). The molecule has 2 N–H and O–H groups in total. The molecule has 1 fully saturated rings. The maximum absolute atomic E-state index is 12.8. The zero-order valence-electron chi connectivity index (χ0n) is 19.5. The Morgan fingerprint density at radius 3 is 2.73 bits per heavy atom. The van der Waals surface area contributed by atoms with Gasteiger partial charge in [0.05, 0.1) is 12.1 Å². The highest BCUT2D eigenvalue weighted by molar-refractivity contribution is 7.98. The molecule has 1 aliphatic carbocycles. The first-order chi connectivity index (χ1) is 16.1. The number of carbonyl (C=O) groups excluding carboxylic acids is 1. The van der Waals surface area contributed by atoms with Crippen molar-refractivity contribution in [2.24, 2.45) is 5.92 Å². The van der Waals surface area contributed by atoms with E-state index in [1.165, 1.54) is 37.0 Å². The maximum atomic E-state index is 12.8. The molecule has 174 valence electrons. The molecule has 1 aromatic heterocycles. The van der Waals surface area contributed by atoms with Gasteiger partial charge in [-0.2, -0.15) is 11.8 Å². The predicted octanol–water partition coefficient (Wildman–Crippen LogP) is 5.82. The Morgan fingerprint density at radius 1 is 1.15 bits per heavy atom. The van der Waals surface area contributed by atoms with Crippen molar-refractivity contribution in [1.82, 2.24) is 10.3 Å². The van der Waals surface area contributed by atoms with Crippen LogP contribution in [0, 0.1) is 12.8 Å². The van der Waals surface area contributed by atoms with Crippen molar-refractivity contribution in [1.29, 1.82) is 0 Å². The molecule has 3 aromatic rings. The average Bonchev–Trinajstić information content (AvgIpc) is 3.67. The normalized spacial score (nSPS) is 13.3. The third-order valence-corrected chi connectivity index (χ3v) is 6.69. The highest BCUT2D eigenvalue weighted by Gasteiger charge is 2.21. The number of ether oxygens (including phenoxy) is 1. The van der Waals surface area contributed by atoms with Gasteiger partial charge in [0.2, 0.25) is 0 Å². The SMILES string of the molecule is CSCCCCNCc1cnc2c(C)c(NC(=O)c3ccc(OCC4CC4)cc3)ccc2c1. The lowest BCUT2D eigenvalue weighted by Crippen LogP contribution is -2.15. The first-order valence-corrected chi connectivity index (χ1v) is 13.2. The molecule has 2 aromatic carbocycles. The first kappa shape index (κ1) is 23.6. The maximum Gasteiger partial charge on any atom is 0.255 e. The van der Waals surface area contributed by atoms with E-state index < -0.39 is 0 Å². The summed E-state index contributed by atoms with van der Waals surface area (Å²) in [5.41, 5.74) is 4.46. The van der Waals surface area contributed by atoms with Crippen molar-refractivity contribution in [3.63, 3.8) is 0 Å². The Kier molecular flexibility index (Phi) is 8.24. The minimum atomic E-state index is -0.131. The summed E-state index contributed by atoms with van der Waals surface area (Å²) in [5, 5.41) is 7.63. The number of fused-ring (bicyclic) bond motifs is 1. The van der Waals surface area contributed by atoms with Gasteiger partial charge in [-0.15, -0.1) is 0 Å². The van der Waals surface area contributed by atoms with Crippen LogP contribution >= 0.6 is 11.8 Å². The van der Waals surface area contributed by atoms with E-state index in [-0.39, 0.29) is 5.91 Å². The van der Waals surface area contributed by atoms with Gasteiger partial charge in [-0.25, -0.2) is 0 Å².